The second kappa shape index (κ2) is 9.58. The molecule has 8 nitrogen and oxygen atoms in total. The van der Waals surface area contributed by atoms with Crippen LogP contribution in [0.4, 0.5) is 0 Å². The zero-order chi connectivity index (χ0) is 22.7. The van der Waals surface area contributed by atoms with Gasteiger partial charge in [-0.2, -0.15) is 17.8 Å². The quantitative estimate of drug-likeness (QED) is 0.522. The van der Waals surface area contributed by atoms with E-state index in [1.54, 1.807) is 12.1 Å². The Morgan fingerprint density at radius 2 is 1.78 bits per heavy atom. The first-order chi connectivity index (χ1) is 15.4. The van der Waals surface area contributed by atoms with E-state index < -0.39 is 16.3 Å². The SMILES string of the molecule is CN/C(=N\S(=O)(=O)N1CCC(O)CC1)N1CC(c2ccccc2)C(c2ccc(Cl)cc2)=N1. The van der Waals surface area contributed by atoms with Crippen LogP contribution in [0.3, 0.4) is 0 Å². The molecule has 2 N–H and O–H groups in total. The van der Waals surface area contributed by atoms with Gasteiger partial charge in [0.25, 0.3) is 0 Å². The second-order valence-electron chi connectivity index (χ2n) is 7.81. The molecule has 2 aliphatic heterocycles. The third-order valence-corrected chi connectivity index (χ3v) is 7.35. The highest BCUT2D eigenvalue weighted by molar-refractivity contribution is 7.87. The first-order valence-corrected chi connectivity index (χ1v) is 12.3. The number of aliphatic hydroxyl groups is 1. The predicted molar refractivity (Wildman–Crippen MR) is 126 cm³/mol. The molecule has 2 heterocycles. The van der Waals surface area contributed by atoms with Gasteiger partial charge in [0.2, 0.25) is 5.96 Å². The van der Waals surface area contributed by atoms with E-state index in [1.165, 1.54) is 4.31 Å². The number of benzene rings is 2. The number of piperidine rings is 1. The largest absolute Gasteiger partial charge is 0.393 e. The zero-order valence-corrected chi connectivity index (χ0v) is 19.3. The first kappa shape index (κ1) is 22.7. The third kappa shape index (κ3) is 4.96. The summed E-state index contributed by atoms with van der Waals surface area (Å²) < 4.78 is 31.1. The van der Waals surface area contributed by atoms with Crippen molar-refractivity contribution >= 4 is 33.5 Å². The number of hydrogen-bond acceptors (Lipinski definition) is 4. The molecule has 2 aromatic carbocycles. The van der Waals surface area contributed by atoms with Crippen molar-refractivity contribution in [2.75, 3.05) is 26.7 Å². The van der Waals surface area contributed by atoms with Crippen molar-refractivity contribution < 1.29 is 13.5 Å². The maximum absolute atomic E-state index is 12.9. The van der Waals surface area contributed by atoms with Gasteiger partial charge in [0.05, 0.1) is 18.4 Å². The van der Waals surface area contributed by atoms with Gasteiger partial charge in [0.15, 0.2) is 0 Å². The Morgan fingerprint density at radius 1 is 1.12 bits per heavy atom. The summed E-state index contributed by atoms with van der Waals surface area (Å²) in [7, 11) is -2.28. The maximum atomic E-state index is 12.9. The molecule has 0 saturated carbocycles. The molecular formula is C22H26ClN5O3S. The second-order valence-corrected chi connectivity index (χ2v) is 9.84. The van der Waals surface area contributed by atoms with Crippen molar-refractivity contribution in [3.63, 3.8) is 0 Å². The van der Waals surface area contributed by atoms with E-state index in [0.717, 1.165) is 16.8 Å². The van der Waals surface area contributed by atoms with Gasteiger partial charge >= 0.3 is 10.2 Å². The molecule has 0 aromatic heterocycles. The fourth-order valence-corrected chi connectivity index (χ4v) is 5.24. The van der Waals surface area contributed by atoms with Crippen molar-refractivity contribution in [1.82, 2.24) is 14.6 Å². The number of halogens is 1. The summed E-state index contributed by atoms with van der Waals surface area (Å²) in [6.07, 6.45) is 0.343. The van der Waals surface area contributed by atoms with Crippen LogP contribution in [-0.2, 0) is 10.2 Å². The van der Waals surface area contributed by atoms with Crippen LogP contribution in [0.15, 0.2) is 64.1 Å². The lowest BCUT2D eigenvalue weighted by atomic mass is 9.91. The Kier molecular flexibility index (Phi) is 6.80. The number of hydrazone groups is 1. The Morgan fingerprint density at radius 3 is 2.41 bits per heavy atom. The van der Waals surface area contributed by atoms with Crippen molar-refractivity contribution in [2.24, 2.45) is 9.50 Å². The lowest BCUT2D eigenvalue weighted by molar-refractivity contribution is 0.113. The number of rotatable bonds is 4. The maximum Gasteiger partial charge on any atom is 0.325 e. The summed E-state index contributed by atoms with van der Waals surface area (Å²) in [5, 5.41) is 19.6. The molecule has 1 fully saturated rings. The highest BCUT2D eigenvalue weighted by atomic mass is 35.5. The molecular weight excluding hydrogens is 450 g/mol. The number of guanidine groups is 1. The molecule has 0 spiro atoms. The molecule has 1 atom stereocenters. The van der Waals surface area contributed by atoms with Gasteiger partial charge in [-0.15, -0.1) is 4.40 Å². The lowest BCUT2D eigenvalue weighted by Gasteiger charge is -2.27. The minimum absolute atomic E-state index is 0.0660. The Labute approximate surface area is 193 Å². The summed E-state index contributed by atoms with van der Waals surface area (Å²) in [6, 6.07) is 17.4. The van der Waals surface area contributed by atoms with E-state index in [1.807, 2.05) is 54.6 Å². The summed E-state index contributed by atoms with van der Waals surface area (Å²) in [5.41, 5.74) is 2.80. The normalized spacial score (nSPS) is 21.0. The van der Waals surface area contributed by atoms with Crippen LogP contribution in [0, 0.1) is 0 Å². The van der Waals surface area contributed by atoms with Crippen LogP contribution in [-0.4, -0.2) is 67.3 Å². The topological polar surface area (TPSA) is 97.6 Å². The van der Waals surface area contributed by atoms with Gasteiger partial charge in [0.1, 0.15) is 0 Å². The number of nitrogens with one attached hydrogen (secondary N) is 1. The Balaban J connectivity index is 1.67. The van der Waals surface area contributed by atoms with Crippen LogP contribution in [0.2, 0.25) is 5.02 Å². The smallest absolute Gasteiger partial charge is 0.325 e. The van der Waals surface area contributed by atoms with Gasteiger partial charge < -0.3 is 10.4 Å². The van der Waals surface area contributed by atoms with Crippen molar-refractivity contribution in [3.8, 4) is 0 Å². The molecule has 0 bridgehead atoms. The van der Waals surface area contributed by atoms with Crippen LogP contribution in [0.1, 0.15) is 29.9 Å². The molecule has 0 aliphatic carbocycles. The van der Waals surface area contributed by atoms with Crippen molar-refractivity contribution in [2.45, 2.75) is 24.9 Å². The number of hydrogen-bond donors (Lipinski definition) is 2. The van der Waals surface area contributed by atoms with Crippen LogP contribution >= 0.6 is 11.6 Å². The van der Waals surface area contributed by atoms with E-state index in [9.17, 15) is 13.5 Å². The highest BCUT2D eigenvalue weighted by Crippen LogP contribution is 2.29. The number of nitrogens with zero attached hydrogens (tertiary/aromatic N) is 4. The van der Waals surface area contributed by atoms with Gasteiger partial charge in [0, 0.05) is 31.1 Å². The summed E-state index contributed by atoms with van der Waals surface area (Å²) in [4.78, 5) is 0. The van der Waals surface area contributed by atoms with Crippen LogP contribution < -0.4 is 5.32 Å². The van der Waals surface area contributed by atoms with E-state index in [-0.39, 0.29) is 25.0 Å². The van der Waals surface area contributed by atoms with Gasteiger partial charge in [-0.3, -0.25) is 0 Å². The fourth-order valence-electron chi connectivity index (χ4n) is 3.92. The predicted octanol–water partition coefficient (Wildman–Crippen LogP) is 2.42. The Bertz CT molecular complexity index is 1100. The molecule has 170 valence electrons. The molecule has 0 radical (unpaired) electrons. The molecule has 10 heteroatoms. The standard InChI is InChI=1S/C22H26ClN5O3S/c1-24-22(26-32(30,31)27-13-11-19(29)12-14-27)28-15-20(16-5-3-2-4-6-16)21(25-28)17-7-9-18(23)10-8-17/h2-10,19-20,29H,11-15H2,1H3,(H,24,26). The lowest BCUT2D eigenvalue weighted by Crippen LogP contribution is -2.42. The average Bonchev–Trinajstić information content (AvgIpc) is 3.24. The fraction of sp³-hybridized carbons (Fsp3) is 0.364. The van der Waals surface area contributed by atoms with Gasteiger partial charge in [-0.25, -0.2) is 5.01 Å². The van der Waals surface area contributed by atoms with Crippen LogP contribution in [0.5, 0.6) is 0 Å². The minimum atomic E-state index is -3.91. The summed E-state index contributed by atoms with van der Waals surface area (Å²) in [6.45, 7) is 0.932. The Hall–Kier alpha value is -2.46. The highest BCUT2D eigenvalue weighted by Gasteiger charge is 2.33. The molecule has 2 aromatic rings. The van der Waals surface area contributed by atoms with Gasteiger partial charge in [-0.1, -0.05) is 54.1 Å². The number of aliphatic hydroxyl groups excluding tert-OH is 1. The van der Waals surface area contributed by atoms with E-state index >= 15 is 0 Å². The van der Waals surface area contributed by atoms with E-state index in [4.69, 9.17) is 16.7 Å². The van der Waals surface area contributed by atoms with Crippen molar-refractivity contribution in [1.29, 1.82) is 0 Å². The molecule has 1 saturated heterocycles. The zero-order valence-electron chi connectivity index (χ0n) is 17.7. The van der Waals surface area contributed by atoms with E-state index in [2.05, 4.69) is 9.71 Å². The first-order valence-electron chi connectivity index (χ1n) is 10.5. The molecule has 0 amide bonds. The molecule has 4 rings (SSSR count). The van der Waals surface area contributed by atoms with Crippen LogP contribution in [0.25, 0.3) is 0 Å². The average molecular weight is 476 g/mol. The summed E-state index contributed by atoms with van der Waals surface area (Å²) >= 11 is 6.06. The molecule has 32 heavy (non-hydrogen) atoms. The molecule has 2 aliphatic rings. The molecule has 1 unspecified atom stereocenters. The monoisotopic (exact) mass is 475 g/mol. The van der Waals surface area contributed by atoms with E-state index in [0.29, 0.717) is 24.4 Å². The van der Waals surface area contributed by atoms with Crippen molar-refractivity contribution in [3.05, 3.63) is 70.7 Å². The third-order valence-electron chi connectivity index (χ3n) is 5.68. The minimum Gasteiger partial charge on any atom is -0.393 e. The van der Waals surface area contributed by atoms with Gasteiger partial charge in [-0.05, 0) is 36.1 Å². The summed E-state index contributed by atoms with van der Waals surface area (Å²) in [5.74, 6) is 0.0878.